The topological polar surface area (TPSA) is 84.8 Å². The van der Waals surface area contributed by atoms with Gasteiger partial charge in [0.2, 0.25) is 5.95 Å². The number of halogens is 1. The molecule has 0 bridgehead atoms. The molecular weight excluding hydrogens is 397 g/mol. The zero-order valence-electron chi connectivity index (χ0n) is 17.5. The quantitative estimate of drug-likeness (QED) is 0.542. The third-order valence-corrected chi connectivity index (χ3v) is 5.86. The number of hydrogen-bond donors (Lipinski definition) is 1. The summed E-state index contributed by atoms with van der Waals surface area (Å²) in [5.74, 6) is 1.42. The number of methoxy groups -OCH3 is 1. The van der Waals surface area contributed by atoms with E-state index in [0.717, 1.165) is 30.7 Å². The highest BCUT2D eigenvalue weighted by atomic mass is 19.1. The largest absolute Gasteiger partial charge is 0.494 e. The molecule has 1 fully saturated rings. The lowest BCUT2D eigenvalue weighted by molar-refractivity contribution is 0.177. The van der Waals surface area contributed by atoms with Crippen molar-refractivity contribution in [2.45, 2.75) is 19.5 Å². The molecule has 0 saturated carbocycles. The highest BCUT2D eigenvalue weighted by Crippen LogP contribution is 2.28. The van der Waals surface area contributed by atoms with Crippen molar-refractivity contribution in [2.75, 3.05) is 37.4 Å². The molecule has 1 atom stereocenters. The fourth-order valence-electron chi connectivity index (χ4n) is 4.20. The Kier molecular flexibility index (Phi) is 4.82. The lowest BCUT2D eigenvalue weighted by Gasteiger charge is -2.40. The molecule has 1 unspecified atom stereocenters. The Morgan fingerprint density at radius 1 is 1.13 bits per heavy atom. The predicted molar refractivity (Wildman–Crippen MR) is 118 cm³/mol. The maximum absolute atomic E-state index is 13.2. The van der Waals surface area contributed by atoms with E-state index in [1.807, 2.05) is 30.3 Å². The van der Waals surface area contributed by atoms with Crippen LogP contribution < -0.4 is 15.4 Å². The van der Waals surface area contributed by atoms with Crippen LogP contribution >= 0.6 is 0 Å². The molecule has 0 aliphatic carbocycles. The van der Waals surface area contributed by atoms with Crippen molar-refractivity contribution >= 4 is 28.2 Å². The van der Waals surface area contributed by atoms with E-state index in [0.29, 0.717) is 29.3 Å². The molecular formula is C22H24FN7O. The predicted octanol–water partition coefficient (Wildman–Crippen LogP) is 2.72. The zero-order valence-corrected chi connectivity index (χ0v) is 17.5. The summed E-state index contributed by atoms with van der Waals surface area (Å²) in [6.07, 6.45) is 0. The summed E-state index contributed by atoms with van der Waals surface area (Å²) in [6, 6.07) is 12.7. The molecule has 0 radical (unpaired) electrons. The molecule has 3 heterocycles. The monoisotopic (exact) mass is 421 g/mol. The number of rotatable bonds is 4. The number of benzene rings is 2. The van der Waals surface area contributed by atoms with Crippen LogP contribution in [0.1, 0.15) is 12.7 Å². The van der Waals surface area contributed by atoms with Crippen LogP contribution in [0.4, 0.5) is 16.0 Å². The third kappa shape index (κ3) is 3.50. The van der Waals surface area contributed by atoms with Crippen molar-refractivity contribution in [2.24, 2.45) is 0 Å². The fraction of sp³-hybridized carbons (Fsp3) is 0.318. The van der Waals surface area contributed by atoms with Crippen LogP contribution in [-0.2, 0) is 6.54 Å². The van der Waals surface area contributed by atoms with Crippen LogP contribution in [0.2, 0.25) is 0 Å². The first-order valence-electron chi connectivity index (χ1n) is 10.3. The highest BCUT2D eigenvalue weighted by Gasteiger charge is 2.25. The van der Waals surface area contributed by atoms with Crippen molar-refractivity contribution in [3.63, 3.8) is 0 Å². The van der Waals surface area contributed by atoms with Crippen molar-refractivity contribution in [1.29, 1.82) is 0 Å². The summed E-state index contributed by atoms with van der Waals surface area (Å²) >= 11 is 0. The Balaban J connectivity index is 1.39. The van der Waals surface area contributed by atoms with Gasteiger partial charge in [-0.1, -0.05) is 6.07 Å². The minimum atomic E-state index is -0.215. The second kappa shape index (κ2) is 7.66. The SMILES string of the molecule is COc1cccc2c1nc(N)n1nc(CN3CCN(c4ccc(F)cc4)CC3C)nc21. The summed E-state index contributed by atoms with van der Waals surface area (Å²) < 4.78 is 20.2. The fourth-order valence-corrected chi connectivity index (χ4v) is 4.20. The van der Waals surface area contributed by atoms with E-state index in [2.05, 4.69) is 26.8 Å². The zero-order chi connectivity index (χ0) is 21.5. The first-order chi connectivity index (χ1) is 15.0. The molecule has 1 saturated heterocycles. The molecule has 4 aromatic rings. The molecule has 2 N–H and O–H groups in total. The molecule has 0 spiro atoms. The standard InChI is InChI=1S/C22H24FN7O/c1-14-12-29(16-8-6-15(23)7-9-16)11-10-28(14)13-19-25-21-17-4-3-5-18(31-2)20(17)26-22(24)30(21)27-19/h3-9,14H,10-13H2,1-2H3,(H2,24,26). The van der Waals surface area contributed by atoms with Crippen LogP contribution in [0.15, 0.2) is 42.5 Å². The van der Waals surface area contributed by atoms with Crippen molar-refractivity contribution < 1.29 is 9.13 Å². The van der Waals surface area contributed by atoms with Gasteiger partial charge in [0.05, 0.1) is 13.7 Å². The van der Waals surface area contributed by atoms with Crippen LogP contribution in [-0.4, -0.2) is 57.3 Å². The summed E-state index contributed by atoms with van der Waals surface area (Å²) in [6.45, 7) is 5.36. The summed E-state index contributed by atoms with van der Waals surface area (Å²) in [5, 5.41) is 5.46. The number of aromatic nitrogens is 4. The smallest absolute Gasteiger partial charge is 0.223 e. The Hall–Kier alpha value is -3.46. The molecule has 9 heteroatoms. The van der Waals surface area contributed by atoms with Crippen LogP contribution in [0.3, 0.4) is 0 Å². The van der Waals surface area contributed by atoms with Gasteiger partial charge in [0.25, 0.3) is 0 Å². The maximum Gasteiger partial charge on any atom is 0.223 e. The van der Waals surface area contributed by atoms with Gasteiger partial charge in [-0.25, -0.2) is 14.4 Å². The summed E-state index contributed by atoms with van der Waals surface area (Å²) in [4.78, 5) is 13.9. The minimum Gasteiger partial charge on any atom is -0.494 e. The average Bonchev–Trinajstić information content (AvgIpc) is 3.20. The van der Waals surface area contributed by atoms with Gasteiger partial charge in [0.15, 0.2) is 11.5 Å². The number of nitrogens with two attached hydrogens (primary N) is 1. The molecule has 2 aromatic heterocycles. The number of anilines is 2. The number of nitrogen functional groups attached to an aromatic ring is 1. The molecule has 160 valence electrons. The Morgan fingerprint density at radius 3 is 2.68 bits per heavy atom. The van der Waals surface area contributed by atoms with E-state index in [9.17, 15) is 4.39 Å². The number of piperazine rings is 1. The van der Waals surface area contributed by atoms with E-state index in [-0.39, 0.29) is 17.8 Å². The number of nitrogens with zero attached hydrogens (tertiary/aromatic N) is 6. The number of hydrogen-bond acceptors (Lipinski definition) is 7. The van der Waals surface area contributed by atoms with Gasteiger partial charge in [-0.2, -0.15) is 4.52 Å². The lowest BCUT2D eigenvalue weighted by atomic mass is 10.1. The van der Waals surface area contributed by atoms with Crippen LogP contribution in [0, 0.1) is 5.82 Å². The molecule has 0 amide bonds. The number of fused-ring (bicyclic) bond motifs is 3. The normalized spacial score (nSPS) is 17.5. The second-order valence-corrected chi connectivity index (χ2v) is 7.83. The van der Waals surface area contributed by atoms with E-state index < -0.39 is 0 Å². The second-order valence-electron chi connectivity index (χ2n) is 7.83. The first-order valence-corrected chi connectivity index (χ1v) is 10.3. The van der Waals surface area contributed by atoms with Gasteiger partial charge >= 0.3 is 0 Å². The Bertz CT molecular complexity index is 1240. The Labute approximate surface area is 179 Å². The van der Waals surface area contributed by atoms with Gasteiger partial charge < -0.3 is 15.4 Å². The average molecular weight is 421 g/mol. The van der Waals surface area contributed by atoms with Gasteiger partial charge in [0, 0.05) is 36.7 Å². The van der Waals surface area contributed by atoms with E-state index in [1.54, 1.807) is 11.6 Å². The van der Waals surface area contributed by atoms with Gasteiger partial charge in [-0.3, -0.25) is 4.90 Å². The summed E-state index contributed by atoms with van der Waals surface area (Å²) in [7, 11) is 1.61. The van der Waals surface area contributed by atoms with E-state index in [1.165, 1.54) is 12.1 Å². The van der Waals surface area contributed by atoms with Crippen molar-refractivity contribution in [1.82, 2.24) is 24.5 Å². The van der Waals surface area contributed by atoms with Gasteiger partial charge in [-0.05, 0) is 43.3 Å². The molecule has 31 heavy (non-hydrogen) atoms. The minimum absolute atomic E-state index is 0.215. The van der Waals surface area contributed by atoms with Crippen LogP contribution in [0.5, 0.6) is 5.75 Å². The van der Waals surface area contributed by atoms with Gasteiger partial charge in [-0.15, -0.1) is 5.10 Å². The molecule has 2 aromatic carbocycles. The van der Waals surface area contributed by atoms with Crippen molar-refractivity contribution in [3.05, 3.63) is 54.1 Å². The number of para-hydroxylation sites is 1. The van der Waals surface area contributed by atoms with Crippen LogP contribution in [0.25, 0.3) is 16.6 Å². The maximum atomic E-state index is 13.2. The Morgan fingerprint density at radius 2 is 1.94 bits per heavy atom. The molecule has 8 nitrogen and oxygen atoms in total. The lowest BCUT2D eigenvalue weighted by Crippen LogP contribution is -2.51. The molecule has 1 aliphatic heterocycles. The third-order valence-electron chi connectivity index (χ3n) is 5.86. The van der Waals surface area contributed by atoms with Gasteiger partial charge in [0.1, 0.15) is 17.1 Å². The first kappa shape index (κ1) is 19.5. The van der Waals surface area contributed by atoms with E-state index >= 15 is 0 Å². The summed E-state index contributed by atoms with van der Waals surface area (Å²) in [5.41, 5.74) is 8.55. The van der Waals surface area contributed by atoms with Crippen molar-refractivity contribution in [3.8, 4) is 5.75 Å². The molecule has 1 aliphatic rings. The number of ether oxygens (including phenoxy) is 1. The van der Waals surface area contributed by atoms with E-state index in [4.69, 9.17) is 15.5 Å². The molecule has 5 rings (SSSR count). The highest BCUT2D eigenvalue weighted by molar-refractivity contribution is 5.95.